The minimum absolute atomic E-state index is 0.0461. The number of ketones is 1. The van der Waals surface area contributed by atoms with Gasteiger partial charge in [-0.15, -0.1) is 0 Å². The van der Waals surface area contributed by atoms with Crippen LogP contribution in [-0.4, -0.2) is 14.5 Å². The molecule has 0 saturated heterocycles. The van der Waals surface area contributed by atoms with Crippen LogP contribution in [0.4, 0.5) is 0 Å². The summed E-state index contributed by atoms with van der Waals surface area (Å²) in [6.07, 6.45) is 0. The standard InChI is InChI=1S/C8H9NO4S/c1-6(10)7-2-4-8(5-3-7)13-9-14(11)12/h2-5,9H,1H3,(H,11,12). The topological polar surface area (TPSA) is 75.6 Å². The number of hydrogen-bond donors (Lipinski definition) is 2. The van der Waals surface area contributed by atoms with E-state index in [4.69, 9.17) is 9.39 Å². The van der Waals surface area contributed by atoms with Crippen molar-refractivity contribution in [2.45, 2.75) is 6.92 Å². The maximum atomic E-state index is 10.9. The van der Waals surface area contributed by atoms with Crippen LogP contribution >= 0.6 is 0 Å². The first-order valence-electron chi connectivity index (χ1n) is 3.74. The van der Waals surface area contributed by atoms with Crippen molar-refractivity contribution in [3.05, 3.63) is 29.8 Å². The molecule has 2 N–H and O–H groups in total. The molecule has 76 valence electrons. The number of hydrogen-bond acceptors (Lipinski definition) is 3. The average Bonchev–Trinajstić information content (AvgIpc) is 2.15. The molecule has 0 heterocycles. The van der Waals surface area contributed by atoms with Crippen LogP contribution in [0.5, 0.6) is 5.75 Å². The van der Waals surface area contributed by atoms with E-state index in [2.05, 4.69) is 0 Å². The first kappa shape index (κ1) is 10.8. The second-order valence-electron chi connectivity index (χ2n) is 2.52. The maximum absolute atomic E-state index is 10.9. The molecule has 6 heteroatoms. The van der Waals surface area contributed by atoms with Crippen LogP contribution < -0.4 is 9.72 Å². The van der Waals surface area contributed by atoms with E-state index in [1.807, 2.05) is 4.89 Å². The normalized spacial score (nSPS) is 12.1. The fourth-order valence-corrected chi connectivity index (χ4v) is 1.01. The van der Waals surface area contributed by atoms with Crippen LogP contribution in [0.25, 0.3) is 0 Å². The molecule has 0 aliphatic carbocycles. The number of rotatable bonds is 4. The molecular formula is C8H9NO4S. The van der Waals surface area contributed by atoms with E-state index in [-0.39, 0.29) is 5.78 Å². The van der Waals surface area contributed by atoms with Gasteiger partial charge in [-0.1, -0.05) is 0 Å². The van der Waals surface area contributed by atoms with E-state index in [0.717, 1.165) is 0 Å². The summed E-state index contributed by atoms with van der Waals surface area (Å²) in [5.74, 6) is 0.313. The largest absolute Gasteiger partial charge is 0.394 e. The van der Waals surface area contributed by atoms with Crippen molar-refractivity contribution in [2.75, 3.05) is 0 Å². The highest BCUT2D eigenvalue weighted by Crippen LogP contribution is 2.11. The fourth-order valence-electron chi connectivity index (χ4n) is 0.841. The predicted octanol–water partition coefficient (Wildman–Crippen LogP) is 0.909. The minimum atomic E-state index is -2.22. The lowest BCUT2D eigenvalue weighted by Crippen LogP contribution is -2.20. The predicted molar refractivity (Wildman–Crippen MR) is 51.0 cm³/mol. The molecule has 0 saturated carbocycles. The molecule has 0 bridgehead atoms. The summed E-state index contributed by atoms with van der Waals surface area (Å²) in [4.78, 5) is 17.4. The molecule has 14 heavy (non-hydrogen) atoms. The van der Waals surface area contributed by atoms with Gasteiger partial charge in [0.25, 0.3) is 11.3 Å². The van der Waals surface area contributed by atoms with Gasteiger partial charge in [0, 0.05) is 5.56 Å². The Kier molecular flexibility index (Phi) is 3.75. The van der Waals surface area contributed by atoms with Crippen LogP contribution in [0.1, 0.15) is 17.3 Å². The Balaban J connectivity index is 2.64. The van der Waals surface area contributed by atoms with Gasteiger partial charge < -0.3 is 4.84 Å². The molecule has 1 unspecified atom stereocenters. The lowest BCUT2D eigenvalue weighted by molar-refractivity contribution is 0.101. The van der Waals surface area contributed by atoms with Crippen molar-refractivity contribution in [3.8, 4) is 5.75 Å². The Morgan fingerprint density at radius 1 is 1.43 bits per heavy atom. The van der Waals surface area contributed by atoms with Crippen LogP contribution in [0.15, 0.2) is 24.3 Å². The first-order chi connectivity index (χ1) is 6.59. The Morgan fingerprint density at radius 2 is 2.00 bits per heavy atom. The summed E-state index contributed by atoms with van der Waals surface area (Å²) in [5.41, 5.74) is 0.558. The van der Waals surface area contributed by atoms with Crippen molar-refractivity contribution in [1.82, 2.24) is 4.89 Å². The van der Waals surface area contributed by atoms with Gasteiger partial charge in [-0.3, -0.25) is 9.35 Å². The zero-order valence-electron chi connectivity index (χ0n) is 7.39. The van der Waals surface area contributed by atoms with Crippen LogP contribution in [0.3, 0.4) is 0 Å². The van der Waals surface area contributed by atoms with Crippen molar-refractivity contribution in [3.63, 3.8) is 0 Å². The summed E-state index contributed by atoms with van der Waals surface area (Å²) >= 11 is -2.22. The number of benzene rings is 1. The van der Waals surface area contributed by atoms with E-state index < -0.39 is 11.3 Å². The van der Waals surface area contributed by atoms with E-state index in [9.17, 15) is 9.00 Å². The van der Waals surface area contributed by atoms with Crippen molar-refractivity contribution in [1.29, 1.82) is 0 Å². The molecule has 0 aliphatic rings. The highest BCUT2D eigenvalue weighted by atomic mass is 32.2. The SMILES string of the molecule is CC(=O)c1ccc(ONS(=O)O)cc1. The average molecular weight is 215 g/mol. The molecule has 0 radical (unpaired) electrons. The van der Waals surface area contributed by atoms with Gasteiger partial charge in [0.15, 0.2) is 5.78 Å². The minimum Gasteiger partial charge on any atom is -0.394 e. The van der Waals surface area contributed by atoms with Crippen molar-refractivity contribution in [2.24, 2.45) is 0 Å². The Hall–Kier alpha value is -1.24. The maximum Gasteiger partial charge on any atom is 0.266 e. The third-order valence-corrected chi connectivity index (χ3v) is 1.72. The van der Waals surface area contributed by atoms with E-state index >= 15 is 0 Å². The summed E-state index contributed by atoms with van der Waals surface area (Å²) in [6, 6.07) is 6.19. The molecule has 1 atom stereocenters. The molecular weight excluding hydrogens is 206 g/mol. The Bertz CT molecular complexity index is 349. The quantitative estimate of drug-likeness (QED) is 0.444. The third-order valence-electron chi connectivity index (χ3n) is 1.49. The number of nitrogens with one attached hydrogen (secondary N) is 1. The molecule has 1 aromatic carbocycles. The van der Waals surface area contributed by atoms with Crippen LogP contribution in [0.2, 0.25) is 0 Å². The Morgan fingerprint density at radius 3 is 2.43 bits per heavy atom. The fraction of sp³-hybridized carbons (Fsp3) is 0.125. The highest BCUT2D eigenvalue weighted by Gasteiger charge is 2.00. The first-order valence-corrected chi connectivity index (χ1v) is 4.84. The highest BCUT2D eigenvalue weighted by molar-refractivity contribution is 7.76. The molecule has 0 fully saturated rings. The van der Waals surface area contributed by atoms with E-state index in [1.165, 1.54) is 19.1 Å². The molecule has 0 amide bonds. The van der Waals surface area contributed by atoms with Gasteiger partial charge in [-0.25, -0.2) is 4.21 Å². The smallest absolute Gasteiger partial charge is 0.266 e. The molecule has 0 aliphatic heterocycles. The summed E-state index contributed by atoms with van der Waals surface area (Å²) in [7, 11) is 0. The number of Topliss-reactive ketones (excluding diaryl/α,β-unsaturated/α-hetero) is 1. The van der Waals surface area contributed by atoms with E-state index in [0.29, 0.717) is 11.3 Å². The van der Waals surface area contributed by atoms with Gasteiger partial charge in [0.05, 0.1) is 0 Å². The van der Waals surface area contributed by atoms with Gasteiger partial charge in [-0.05, 0) is 36.1 Å². The monoisotopic (exact) mass is 215 g/mol. The van der Waals surface area contributed by atoms with Gasteiger partial charge in [0.2, 0.25) is 0 Å². The second kappa shape index (κ2) is 4.85. The number of carbonyl (C=O) groups is 1. The molecule has 1 rings (SSSR count). The third kappa shape index (κ3) is 3.25. The molecule has 0 spiro atoms. The van der Waals surface area contributed by atoms with Crippen molar-refractivity contribution >= 4 is 17.0 Å². The number of carbonyl (C=O) groups excluding carboxylic acids is 1. The Labute approximate surface area is 83.5 Å². The summed E-state index contributed by atoms with van der Waals surface area (Å²) < 4.78 is 18.5. The zero-order chi connectivity index (χ0) is 10.6. The lowest BCUT2D eigenvalue weighted by Gasteiger charge is -2.03. The van der Waals surface area contributed by atoms with Gasteiger partial charge in [0.1, 0.15) is 5.75 Å². The van der Waals surface area contributed by atoms with Crippen molar-refractivity contribution < 1.29 is 18.4 Å². The lowest BCUT2D eigenvalue weighted by atomic mass is 10.1. The second-order valence-corrected chi connectivity index (χ2v) is 3.18. The molecule has 1 aromatic rings. The van der Waals surface area contributed by atoms with Gasteiger partial charge in [-0.2, -0.15) is 0 Å². The van der Waals surface area contributed by atoms with Crippen LogP contribution in [0, 0.1) is 0 Å². The summed E-state index contributed by atoms with van der Waals surface area (Å²) in [5, 5.41) is 0. The molecule has 0 aromatic heterocycles. The zero-order valence-corrected chi connectivity index (χ0v) is 8.21. The molecule has 5 nitrogen and oxygen atoms in total. The summed E-state index contributed by atoms with van der Waals surface area (Å²) in [6.45, 7) is 1.46. The van der Waals surface area contributed by atoms with Crippen LogP contribution in [-0.2, 0) is 11.3 Å². The van der Waals surface area contributed by atoms with Gasteiger partial charge >= 0.3 is 0 Å². The van der Waals surface area contributed by atoms with E-state index in [1.54, 1.807) is 12.1 Å².